The predicted molar refractivity (Wildman–Crippen MR) is 105 cm³/mol. The van der Waals surface area contributed by atoms with E-state index in [2.05, 4.69) is 10.3 Å². The highest BCUT2D eigenvalue weighted by Crippen LogP contribution is 2.27. The molecular weight excluding hydrogens is 385 g/mol. The monoisotopic (exact) mass is 401 g/mol. The third-order valence-corrected chi connectivity index (χ3v) is 6.04. The maximum atomic E-state index is 13.0. The van der Waals surface area contributed by atoms with Gasteiger partial charge in [0.05, 0.1) is 10.6 Å². The zero-order valence-electron chi connectivity index (χ0n) is 14.2. The number of amides is 2. The van der Waals surface area contributed by atoms with E-state index in [9.17, 15) is 14.0 Å². The second-order valence-electron chi connectivity index (χ2n) is 6.17. The minimum atomic E-state index is -0.488. The summed E-state index contributed by atoms with van der Waals surface area (Å²) >= 11 is 2.68. The van der Waals surface area contributed by atoms with Crippen molar-refractivity contribution in [2.24, 2.45) is 0 Å². The number of rotatable bonds is 4. The number of anilines is 1. The van der Waals surface area contributed by atoms with Crippen LogP contribution in [-0.2, 0) is 4.79 Å². The molecule has 0 aliphatic carbocycles. The molecule has 0 bridgehead atoms. The highest BCUT2D eigenvalue weighted by molar-refractivity contribution is 7.14. The lowest BCUT2D eigenvalue weighted by Crippen LogP contribution is -2.42. The smallest absolute Gasteiger partial charge is 0.264 e. The molecule has 1 saturated heterocycles. The average molecular weight is 401 g/mol. The van der Waals surface area contributed by atoms with Gasteiger partial charge in [-0.1, -0.05) is 6.07 Å². The Morgan fingerprint density at radius 2 is 2.00 bits per heavy atom. The van der Waals surface area contributed by atoms with Crippen LogP contribution in [0, 0.1) is 5.82 Å². The van der Waals surface area contributed by atoms with Crippen LogP contribution in [0.3, 0.4) is 0 Å². The van der Waals surface area contributed by atoms with E-state index in [4.69, 9.17) is 0 Å². The minimum Gasteiger partial charge on any atom is -0.326 e. The summed E-state index contributed by atoms with van der Waals surface area (Å²) in [5, 5.41) is 6.95. The van der Waals surface area contributed by atoms with Crippen LogP contribution in [0.5, 0.6) is 0 Å². The van der Waals surface area contributed by atoms with Crippen LogP contribution in [0.25, 0.3) is 11.3 Å². The summed E-state index contributed by atoms with van der Waals surface area (Å²) in [5.41, 5.74) is 1.46. The molecule has 5 nitrogen and oxygen atoms in total. The molecule has 1 unspecified atom stereocenters. The van der Waals surface area contributed by atoms with Crippen molar-refractivity contribution in [2.45, 2.75) is 18.9 Å². The molecular formula is C19H16FN3O2S2. The molecule has 3 aromatic rings. The van der Waals surface area contributed by atoms with Gasteiger partial charge in [0.2, 0.25) is 5.91 Å². The van der Waals surface area contributed by atoms with Crippen LogP contribution in [0.15, 0.2) is 47.2 Å². The largest absolute Gasteiger partial charge is 0.326 e. The van der Waals surface area contributed by atoms with Gasteiger partial charge in [0.25, 0.3) is 5.91 Å². The summed E-state index contributed by atoms with van der Waals surface area (Å²) in [6, 6.07) is 9.16. The van der Waals surface area contributed by atoms with Gasteiger partial charge in [0, 0.05) is 17.5 Å². The lowest BCUT2D eigenvalue weighted by Gasteiger charge is -2.22. The first-order chi connectivity index (χ1) is 13.1. The number of likely N-dealkylation sites (tertiary alicyclic amines) is 1. The average Bonchev–Trinajstić information content (AvgIpc) is 3.42. The Hall–Kier alpha value is -2.58. The SMILES string of the molecule is O=C(Nc1nc(-c2ccc(F)cc2)cs1)C1CCCN1C(=O)c1cccs1. The summed E-state index contributed by atoms with van der Waals surface area (Å²) in [6.45, 7) is 0.577. The Bertz CT molecular complexity index is 954. The van der Waals surface area contributed by atoms with Gasteiger partial charge < -0.3 is 10.2 Å². The van der Waals surface area contributed by atoms with Gasteiger partial charge in [0.15, 0.2) is 5.13 Å². The number of benzene rings is 1. The zero-order valence-corrected chi connectivity index (χ0v) is 15.9. The van der Waals surface area contributed by atoms with Gasteiger partial charge in [-0.05, 0) is 48.6 Å². The number of carbonyl (C=O) groups is 2. The fraction of sp³-hybridized carbons (Fsp3) is 0.211. The van der Waals surface area contributed by atoms with Gasteiger partial charge in [0.1, 0.15) is 11.9 Å². The molecule has 4 rings (SSSR count). The van der Waals surface area contributed by atoms with Crippen LogP contribution in [0.1, 0.15) is 22.5 Å². The van der Waals surface area contributed by atoms with Gasteiger partial charge in [-0.2, -0.15) is 0 Å². The molecule has 1 aliphatic rings. The van der Waals surface area contributed by atoms with Gasteiger partial charge >= 0.3 is 0 Å². The Morgan fingerprint density at radius 1 is 1.19 bits per heavy atom. The molecule has 0 radical (unpaired) electrons. The van der Waals surface area contributed by atoms with E-state index >= 15 is 0 Å². The van der Waals surface area contributed by atoms with E-state index in [0.29, 0.717) is 28.7 Å². The molecule has 138 valence electrons. The molecule has 3 heterocycles. The van der Waals surface area contributed by atoms with Crippen LogP contribution in [-0.4, -0.2) is 34.3 Å². The lowest BCUT2D eigenvalue weighted by molar-refractivity contribution is -0.119. The molecule has 8 heteroatoms. The molecule has 1 fully saturated rings. The van der Waals surface area contributed by atoms with Crippen molar-refractivity contribution in [3.05, 3.63) is 57.9 Å². The number of carbonyl (C=O) groups excluding carboxylic acids is 2. The molecule has 1 aromatic carbocycles. The van der Waals surface area contributed by atoms with E-state index in [1.165, 1.54) is 34.8 Å². The van der Waals surface area contributed by atoms with E-state index in [1.54, 1.807) is 23.1 Å². The zero-order chi connectivity index (χ0) is 18.8. The fourth-order valence-corrected chi connectivity index (χ4v) is 4.50. The summed E-state index contributed by atoms with van der Waals surface area (Å²) < 4.78 is 13.0. The first-order valence-corrected chi connectivity index (χ1v) is 10.2. The Morgan fingerprint density at radius 3 is 2.74 bits per heavy atom. The Kier molecular flexibility index (Phi) is 5.00. The quantitative estimate of drug-likeness (QED) is 0.711. The maximum Gasteiger partial charge on any atom is 0.264 e. The van der Waals surface area contributed by atoms with E-state index in [-0.39, 0.29) is 17.6 Å². The standard InChI is InChI=1S/C19H16FN3O2S2/c20-13-7-5-12(6-8-13)14-11-27-19(21-14)22-17(24)15-3-1-9-23(15)18(25)16-4-2-10-26-16/h2,4-8,10-11,15H,1,3,9H2,(H,21,22,24). The summed E-state index contributed by atoms with van der Waals surface area (Å²) in [6.07, 6.45) is 1.44. The predicted octanol–water partition coefficient (Wildman–Crippen LogP) is 4.25. The Labute approximate surface area is 163 Å². The molecule has 0 spiro atoms. The summed E-state index contributed by atoms with van der Waals surface area (Å²) in [4.78, 5) is 32.0. The van der Waals surface area contributed by atoms with Crippen molar-refractivity contribution in [1.29, 1.82) is 0 Å². The number of nitrogens with zero attached hydrogens (tertiary/aromatic N) is 2. The Balaban J connectivity index is 1.46. The lowest BCUT2D eigenvalue weighted by atomic mass is 10.2. The van der Waals surface area contributed by atoms with Gasteiger partial charge in [-0.25, -0.2) is 9.37 Å². The third kappa shape index (κ3) is 3.77. The highest BCUT2D eigenvalue weighted by atomic mass is 32.1. The van der Waals surface area contributed by atoms with E-state index in [1.807, 2.05) is 16.8 Å². The second-order valence-corrected chi connectivity index (χ2v) is 7.97. The number of nitrogens with one attached hydrogen (secondary N) is 1. The molecule has 0 saturated carbocycles. The van der Waals surface area contributed by atoms with Crippen molar-refractivity contribution < 1.29 is 14.0 Å². The number of hydrogen-bond acceptors (Lipinski definition) is 5. The van der Waals surface area contributed by atoms with Crippen molar-refractivity contribution in [2.75, 3.05) is 11.9 Å². The van der Waals surface area contributed by atoms with Crippen molar-refractivity contribution in [1.82, 2.24) is 9.88 Å². The number of hydrogen-bond donors (Lipinski definition) is 1. The fourth-order valence-electron chi connectivity index (χ4n) is 3.10. The van der Waals surface area contributed by atoms with E-state index in [0.717, 1.165) is 12.0 Å². The van der Waals surface area contributed by atoms with Gasteiger partial charge in [-0.3, -0.25) is 9.59 Å². The molecule has 1 aliphatic heterocycles. The van der Waals surface area contributed by atoms with Crippen LogP contribution in [0.2, 0.25) is 0 Å². The number of halogens is 1. The highest BCUT2D eigenvalue weighted by Gasteiger charge is 2.35. The van der Waals surface area contributed by atoms with Crippen LogP contribution in [0.4, 0.5) is 9.52 Å². The molecule has 2 aromatic heterocycles. The van der Waals surface area contributed by atoms with E-state index < -0.39 is 6.04 Å². The topological polar surface area (TPSA) is 62.3 Å². The maximum absolute atomic E-state index is 13.0. The molecule has 27 heavy (non-hydrogen) atoms. The summed E-state index contributed by atoms with van der Waals surface area (Å²) in [7, 11) is 0. The van der Waals surface area contributed by atoms with Crippen molar-refractivity contribution in [3.63, 3.8) is 0 Å². The third-order valence-electron chi connectivity index (χ3n) is 4.42. The van der Waals surface area contributed by atoms with Crippen LogP contribution < -0.4 is 5.32 Å². The number of aromatic nitrogens is 1. The van der Waals surface area contributed by atoms with Gasteiger partial charge in [-0.15, -0.1) is 22.7 Å². The molecule has 2 amide bonds. The first-order valence-electron chi connectivity index (χ1n) is 8.48. The molecule has 1 N–H and O–H groups in total. The van der Waals surface area contributed by atoms with Crippen molar-refractivity contribution in [3.8, 4) is 11.3 Å². The second kappa shape index (κ2) is 7.58. The first kappa shape index (κ1) is 17.8. The van der Waals surface area contributed by atoms with Crippen LogP contribution >= 0.6 is 22.7 Å². The van der Waals surface area contributed by atoms with Crippen molar-refractivity contribution >= 4 is 39.6 Å². The number of thiophene rings is 1. The normalized spacial score (nSPS) is 16.5. The minimum absolute atomic E-state index is 0.103. The number of thiazole rings is 1. The molecule has 1 atom stereocenters. The summed E-state index contributed by atoms with van der Waals surface area (Å²) in [5.74, 6) is -0.634.